The molecule has 182 valence electrons. The topological polar surface area (TPSA) is 9.23 Å². The number of ether oxygens (including phenoxy) is 1. The van der Waals surface area contributed by atoms with Gasteiger partial charge in [0.25, 0.3) is 0 Å². The Bertz CT molecular complexity index is 761. The second kappa shape index (κ2) is 15.7. The van der Waals surface area contributed by atoms with Gasteiger partial charge in [-0.1, -0.05) is 94.0 Å². The summed E-state index contributed by atoms with van der Waals surface area (Å²) in [6.07, 6.45) is 13.6. The summed E-state index contributed by atoms with van der Waals surface area (Å²) in [6, 6.07) is 18.7. The minimum absolute atomic E-state index is 0.811. The number of hydrogen-bond acceptors (Lipinski definition) is 1. The normalized spacial score (nSPS) is 11.5. The first-order valence-electron chi connectivity index (χ1n) is 13.4. The second-order valence-corrected chi connectivity index (χ2v) is 9.73. The largest absolute Gasteiger partial charge is 0.494 e. The molecule has 0 bridgehead atoms. The molecule has 2 aromatic rings. The summed E-state index contributed by atoms with van der Waals surface area (Å²) in [5.74, 6) is 0.955. The van der Waals surface area contributed by atoms with Gasteiger partial charge in [0.15, 0.2) is 0 Å². The van der Waals surface area contributed by atoms with Crippen LogP contribution in [0.3, 0.4) is 0 Å². The van der Waals surface area contributed by atoms with Crippen molar-refractivity contribution in [1.29, 1.82) is 0 Å². The summed E-state index contributed by atoms with van der Waals surface area (Å²) in [5, 5.41) is 0. The first kappa shape index (κ1) is 27.2. The van der Waals surface area contributed by atoms with E-state index in [4.69, 9.17) is 4.74 Å². The molecular weight excluding hydrogens is 402 g/mol. The van der Waals surface area contributed by atoms with Crippen LogP contribution in [0.15, 0.2) is 61.2 Å². The SMILES string of the molecule is C=C(c1ccccc1)c1ccc(OCCCCCCCCCCCC[N+](C)(CC)CC)cc1. The van der Waals surface area contributed by atoms with Crippen LogP contribution in [0.1, 0.15) is 89.2 Å². The standard InChI is InChI=1S/C31H48NO/c1-5-32(4,6-2)26-18-13-11-9-7-8-10-12-14-19-27-33-31-24-22-30(23-25-31)28(3)29-20-16-15-17-21-29/h15-17,20-25H,3,5-14,18-19,26-27H2,1-2,4H3/q+1. The molecule has 0 heterocycles. The van der Waals surface area contributed by atoms with Crippen LogP contribution in [0.4, 0.5) is 0 Å². The van der Waals surface area contributed by atoms with E-state index in [1.807, 2.05) is 6.07 Å². The van der Waals surface area contributed by atoms with E-state index in [-0.39, 0.29) is 0 Å². The smallest absolute Gasteiger partial charge is 0.119 e. The number of nitrogens with zero attached hydrogens (tertiary/aromatic N) is 1. The number of quaternary nitrogens is 1. The molecule has 0 saturated heterocycles. The second-order valence-electron chi connectivity index (χ2n) is 9.73. The molecule has 2 heteroatoms. The molecule has 2 aromatic carbocycles. The van der Waals surface area contributed by atoms with E-state index in [0.29, 0.717) is 0 Å². The van der Waals surface area contributed by atoms with Gasteiger partial charge in [-0.2, -0.15) is 0 Å². The third-order valence-corrected chi connectivity index (χ3v) is 7.21. The van der Waals surface area contributed by atoms with Gasteiger partial charge in [0.05, 0.1) is 33.3 Å². The highest BCUT2D eigenvalue weighted by Gasteiger charge is 2.14. The van der Waals surface area contributed by atoms with Crippen molar-refractivity contribution < 1.29 is 9.22 Å². The van der Waals surface area contributed by atoms with Crippen molar-refractivity contribution in [2.45, 2.75) is 78.1 Å². The van der Waals surface area contributed by atoms with E-state index >= 15 is 0 Å². The molecule has 0 amide bonds. The minimum atomic E-state index is 0.811. The van der Waals surface area contributed by atoms with Crippen LogP contribution in [-0.2, 0) is 0 Å². The highest BCUT2D eigenvalue weighted by atomic mass is 16.5. The van der Waals surface area contributed by atoms with Crippen LogP contribution in [0, 0.1) is 0 Å². The van der Waals surface area contributed by atoms with Crippen LogP contribution in [0.5, 0.6) is 5.75 Å². The van der Waals surface area contributed by atoms with Crippen molar-refractivity contribution in [3.8, 4) is 5.75 Å². The predicted octanol–water partition coefficient (Wildman–Crippen LogP) is 8.51. The van der Waals surface area contributed by atoms with Crippen molar-refractivity contribution in [2.24, 2.45) is 0 Å². The number of rotatable bonds is 18. The van der Waals surface area contributed by atoms with Gasteiger partial charge < -0.3 is 9.22 Å². The van der Waals surface area contributed by atoms with Crippen LogP contribution < -0.4 is 4.74 Å². The Morgan fingerprint density at radius 1 is 0.667 bits per heavy atom. The summed E-state index contributed by atoms with van der Waals surface area (Å²) in [6.45, 7) is 13.6. The molecule has 0 aliphatic heterocycles. The number of unbranched alkanes of at least 4 members (excludes halogenated alkanes) is 9. The lowest BCUT2D eigenvalue weighted by Gasteiger charge is -2.32. The summed E-state index contributed by atoms with van der Waals surface area (Å²) in [5.41, 5.74) is 3.36. The average molecular weight is 451 g/mol. The maximum absolute atomic E-state index is 5.94. The molecule has 0 fully saturated rings. The van der Waals surface area contributed by atoms with E-state index in [9.17, 15) is 0 Å². The third-order valence-electron chi connectivity index (χ3n) is 7.21. The number of hydrogen-bond donors (Lipinski definition) is 0. The maximum Gasteiger partial charge on any atom is 0.119 e. The zero-order chi connectivity index (χ0) is 23.8. The van der Waals surface area contributed by atoms with E-state index in [1.54, 1.807) is 0 Å². The molecule has 0 spiro atoms. The lowest BCUT2D eigenvalue weighted by molar-refractivity contribution is -0.906. The highest BCUT2D eigenvalue weighted by Crippen LogP contribution is 2.23. The van der Waals surface area contributed by atoms with Crippen molar-refractivity contribution in [2.75, 3.05) is 33.3 Å². The molecule has 2 rings (SSSR count). The Hall–Kier alpha value is -2.06. The van der Waals surface area contributed by atoms with Crippen molar-refractivity contribution in [3.05, 3.63) is 72.3 Å². The van der Waals surface area contributed by atoms with Gasteiger partial charge in [-0.05, 0) is 61.9 Å². The molecule has 0 aliphatic carbocycles. The summed E-state index contributed by atoms with van der Waals surface area (Å²) in [7, 11) is 2.39. The Morgan fingerprint density at radius 3 is 1.70 bits per heavy atom. The lowest BCUT2D eigenvalue weighted by Crippen LogP contribution is -2.44. The highest BCUT2D eigenvalue weighted by molar-refractivity contribution is 5.78. The molecule has 33 heavy (non-hydrogen) atoms. The summed E-state index contributed by atoms with van der Waals surface area (Å²) in [4.78, 5) is 0. The van der Waals surface area contributed by atoms with Crippen LogP contribution in [0.2, 0.25) is 0 Å². The fraction of sp³-hybridized carbons (Fsp3) is 0.548. The first-order valence-corrected chi connectivity index (χ1v) is 13.4. The molecule has 0 atom stereocenters. The quantitative estimate of drug-likeness (QED) is 0.163. The summed E-state index contributed by atoms with van der Waals surface area (Å²) >= 11 is 0. The maximum atomic E-state index is 5.94. The molecule has 0 unspecified atom stereocenters. The van der Waals surface area contributed by atoms with Gasteiger partial charge in [0.1, 0.15) is 5.75 Å². The van der Waals surface area contributed by atoms with Gasteiger partial charge in [-0.15, -0.1) is 0 Å². The lowest BCUT2D eigenvalue weighted by atomic mass is 10.00. The number of benzene rings is 2. The van der Waals surface area contributed by atoms with Crippen molar-refractivity contribution in [3.63, 3.8) is 0 Å². The molecular formula is C31H48NO+. The molecule has 0 N–H and O–H groups in total. The van der Waals surface area contributed by atoms with Gasteiger partial charge in [0.2, 0.25) is 0 Å². The van der Waals surface area contributed by atoms with Crippen LogP contribution in [-0.4, -0.2) is 37.8 Å². The Morgan fingerprint density at radius 2 is 1.15 bits per heavy atom. The van der Waals surface area contributed by atoms with Gasteiger partial charge >= 0.3 is 0 Å². The molecule has 0 saturated carbocycles. The molecule has 0 aliphatic rings. The Balaban J connectivity index is 1.44. The average Bonchev–Trinajstić information content (AvgIpc) is 2.87. The molecule has 2 nitrogen and oxygen atoms in total. The zero-order valence-electron chi connectivity index (χ0n) is 21.7. The third kappa shape index (κ3) is 10.6. The van der Waals surface area contributed by atoms with E-state index < -0.39 is 0 Å². The van der Waals surface area contributed by atoms with E-state index in [1.165, 1.54) is 81.9 Å². The zero-order valence-corrected chi connectivity index (χ0v) is 21.7. The van der Waals surface area contributed by atoms with E-state index in [2.05, 4.69) is 76.0 Å². The predicted molar refractivity (Wildman–Crippen MR) is 145 cm³/mol. The summed E-state index contributed by atoms with van der Waals surface area (Å²) < 4.78 is 7.17. The van der Waals surface area contributed by atoms with Crippen molar-refractivity contribution >= 4 is 5.57 Å². The van der Waals surface area contributed by atoms with Crippen LogP contribution in [0.25, 0.3) is 5.57 Å². The van der Waals surface area contributed by atoms with Crippen molar-refractivity contribution in [1.82, 2.24) is 0 Å². The molecule has 0 aromatic heterocycles. The van der Waals surface area contributed by atoms with Gasteiger partial charge in [-0.3, -0.25) is 0 Å². The van der Waals surface area contributed by atoms with Crippen LogP contribution >= 0.6 is 0 Å². The Labute approximate surface area is 204 Å². The molecule has 0 radical (unpaired) electrons. The first-order chi connectivity index (χ1) is 16.1. The van der Waals surface area contributed by atoms with E-state index in [0.717, 1.165) is 35.5 Å². The van der Waals surface area contributed by atoms with Gasteiger partial charge in [0, 0.05) is 0 Å². The monoisotopic (exact) mass is 450 g/mol. The minimum Gasteiger partial charge on any atom is -0.494 e. The Kier molecular flexibility index (Phi) is 13.0. The fourth-order valence-electron chi connectivity index (χ4n) is 4.30. The van der Waals surface area contributed by atoms with Gasteiger partial charge in [-0.25, -0.2) is 0 Å². The fourth-order valence-corrected chi connectivity index (χ4v) is 4.30.